The van der Waals surface area contributed by atoms with E-state index in [0.29, 0.717) is 5.56 Å². The fourth-order valence-corrected chi connectivity index (χ4v) is 1.51. The van der Waals surface area contributed by atoms with Crippen LogP contribution in [0.25, 0.3) is 0 Å². The van der Waals surface area contributed by atoms with E-state index in [1.165, 1.54) is 13.2 Å². The summed E-state index contributed by atoms with van der Waals surface area (Å²) in [5.41, 5.74) is 5.27. The van der Waals surface area contributed by atoms with Crippen LogP contribution < -0.4 is 5.73 Å². The van der Waals surface area contributed by atoms with E-state index in [1.54, 1.807) is 32.0 Å². The summed E-state index contributed by atoms with van der Waals surface area (Å²) < 4.78 is 18.2. The molecule has 2 N–H and O–H groups in total. The van der Waals surface area contributed by atoms with Crippen molar-refractivity contribution < 1.29 is 13.9 Å². The van der Waals surface area contributed by atoms with Gasteiger partial charge in [0.05, 0.1) is 12.5 Å². The predicted molar refractivity (Wildman–Crippen MR) is 59.1 cm³/mol. The Morgan fingerprint density at radius 2 is 2.00 bits per heavy atom. The van der Waals surface area contributed by atoms with E-state index in [4.69, 9.17) is 5.73 Å². The van der Waals surface area contributed by atoms with Crippen molar-refractivity contribution in [2.75, 3.05) is 7.11 Å². The van der Waals surface area contributed by atoms with E-state index >= 15 is 0 Å². The van der Waals surface area contributed by atoms with Crippen LogP contribution in [0.5, 0.6) is 0 Å². The maximum atomic E-state index is 13.5. The molecule has 1 atom stereocenters. The van der Waals surface area contributed by atoms with Crippen LogP contribution in [-0.4, -0.2) is 13.1 Å². The van der Waals surface area contributed by atoms with Crippen molar-refractivity contribution in [3.63, 3.8) is 0 Å². The lowest BCUT2D eigenvalue weighted by Crippen LogP contribution is -2.37. The zero-order chi connectivity index (χ0) is 12.3. The molecular formula is C12H16FNO2. The van der Waals surface area contributed by atoms with Gasteiger partial charge in [-0.3, -0.25) is 4.79 Å². The van der Waals surface area contributed by atoms with Crippen molar-refractivity contribution in [2.24, 2.45) is 11.1 Å². The van der Waals surface area contributed by atoms with E-state index in [0.717, 1.165) is 0 Å². The van der Waals surface area contributed by atoms with Crippen LogP contribution in [0.1, 0.15) is 25.5 Å². The zero-order valence-corrected chi connectivity index (χ0v) is 9.66. The first-order chi connectivity index (χ1) is 7.41. The Morgan fingerprint density at radius 3 is 2.50 bits per heavy atom. The third kappa shape index (κ3) is 2.22. The molecule has 88 valence electrons. The number of esters is 1. The molecule has 0 saturated carbocycles. The smallest absolute Gasteiger partial charge is 0.313 e. The molecule has 0 aromatic heterocycles. The third-order valence-electron chi connectivity index (χ3n) is 2.73. The van der Waals surface area contributed by atoms with Crippen LogP contribution >= 0.6 is 0 Å². The number of nitrogens with two attached hydrogens (primary N) is 1. The van der Waals surface area contributed by atoms with Crippen molar-refractivity contribution in [1.29, 1.82) is 0 Å². The second-order valence-electron chi connectivity index (χ2n) is 4.21. The van der Waals surface area contributed by atoms with Gasteiger partial charge in [0.15, 0.2) is 0 Å². The van der Waals surface area contributed by atoms with Crippen LogP contribution in [0.2, 0.25) is 0 Å². The first-order valence-corrected chi connectivity index (χ1v) is 4.99. The highest BCUT2D eigenvalue weighted by molar-refractivity contribution is 5.77. The normalized spacial score (nSPS) is 13.3. The number of benzene rings is 1. The number of carbonyl (C=O) groups is 1. The Morgan fingerprint density at radius 1 is 1.44 bits per heavy atom. The molecule has 0 heterocycles. The Kier molecular flexibility index (Phi) is 3.65. The van der Waals surface area contributed by atoms with Crippen LogP contribution in [-0.2, 0) is 9.53 Å². The molecule has 0 bridgehead atoms. The molecule has 0 fully saturated rings. The molecule has 0 amide bonds. The van der Waals surface area contributed by atoms with E-state index in [9.17, 15) is 9.18 Å². The fraction of sp³-hybridized carbons (Fsp3) is 0.417. The number of hydrogen-bond acceptors (Lipinski definition) is 3. The second kappa shape index (κ2) is 4.61. The van der Waals surface area contributed by atoms with Gasteiger partial charge in [0.1, 0.15) is 5.82 Å². The molecule has 1 unspecified atom stereocenters. The topological polar surface area (TPSA) is 52.3 Å². The minimum atomic E-state index is -0.961. The molecule has 4 heteroatoms. The average Bonchev–Trinajstić information content (AvgIpc) is 2.27. The molecule has 3 nitrogen and oxygen atoms in total. The Balaban J connectivity index is 3.07. The largest absolute Gasteiger partial charge is 0.469 e. The Bertz CT molecular complexity index is 390. The summed E-state index contributed by atoms with van der Waals surface area (Å²) >= 11 is 0. The number of hydrogen-bond donors (Lipinski definition) is 1. The maximum Gasteiger partial charge on any atom is 0.313 e. The number of carbonyl (C=O) groups excluding carboxylic acids is 1. The summed E-state index contributed by atoms with van der Waals surface area (Å²) in [7, 11) is 1.29. The first-order valence-electron chi connectivity index (χ1n) is 4.99. The summed E-state index contributed by atoms with van der Waals surface area (Å²) in [6.45, 7) is 3.27. The van der Waals surface area contributed by atoms with Crippen molar-refractivity contribution in [3.05, 3.63) is 35.6 Å². The lowest BCUT2D eigenvalue weighted by atomic mass is 9.81. The van der Waals surface area contributed by atoms with Gasteiger partial charge in [0.25, 0.3) is 0 Å². The van der Waals surface area contributed by atoms with Gasteiger partial charge in [-0.2, -0.15) is 0 Å². The zero-order valence-electron chi connectivity index (χ0n) is 9.66. The molecular weight excluding hydrogens is 209 g/mol. The second-order valence-corrected chi connectivity index (χ2v) is 4.21. The number of methoxy groups -OCH3 is 1. The monoisotopic (exact) mass is 225 g/mol. The van der Waals surface area contributed by atoms with Crippen LogP contribution in [0.3, 0.4) is 0 Å². The molecule has 1 rings (SSSR count). The van der Waals surface area contributed by atoms with E-state index < -0.39 is 23.2 Å². The van der Waals surface area contributed by atoms with Gasteiger partial charge in [0.2, 0.25) is 0 Å². The predicted octanol–water partition coefficient (Wildman–Crippen LogP) is 2.02. The fourth-order valence-electron chi connectivity index (χ4n) is 1.51. The van der Waals surface area contributed by atoms with Crippen molar-refractivity contribution in [3.8, 4) is 0 Å². The van der Waals surface area contributed by atoms with Gasteiger partial charge in [-0.25, -0.2) is 4.39 Å². The molecule has 16 heavy (non-hydrogen) atoms. The number of rotatable bonds is 3. The van der Waals surface area contributed by atoms with Gasteiger partial charge < -0.3 is 10.5 Å². The van der Waals surface area contributed by atoms with Gasteiger partial charge in [-0.1, -0.05) is 18.2 Å². The van der Waals surface area contributed by atoms with E-state index in [-0.39, 0.29) is 0 Å². The highest BCUT2D eigenvalue weighted by Crippen LogP contribution is 2.33. The van der Waals surface area contributed by atoms with Crippen molar-refractivity contribution >= 4 is 5.97 Å². The first kappa shape index (κ1) is 12.6. The summed E-state index contributed by atoms with van der Waals surface area (Å²) in [4.78, 5) is 11.5. The lowest BCUT2D eigenvalue weighted by molar-refractivity contribution is -0.152. The van der Waals surface area contributed by atoms with Crippen molar-refractivity contribution in [1.82, 2.24) is 0 Å². The molecule has 0 spiro atoms. The van der Waals surface area contributed by atoms with Gasteiger partial charge in [0, 0.05) is 11.6 Å². The highest BCUT2D eigenvalue weighted by Gasteiger charge is 2.37. The lowest BCUT2D eigenvalue weighted by Gasteiger charge is -2.29. The van der Waals surface area contributed by atoms with Crippen molar-refractivity contribution in [2.45, 2.75) is 19.9 Å². The third-order valence-corrected chi connectivity index (χ3v) is 2.73. The molecule has 0 radical (unpaired) electrons. The molecule has 1 aromatic carbocycles. The molecule has 1 aromatic rings. The maximum absolute atomic E-state index is 13.5. The van der Waals surface area contributed by atoms with E-state index in [1.807, 2.05) is 0 Å². The Labute approximate surface area is 94.4 Å². The molecule has 0 aliphatic carbocycles. The summed E-state index contributed by atoms with van der Waals surface area (Å²) in [6.07, 6.45) is 0. The molecule has 0 aliphatic rings. The standard InChI is InChI=1S/C12H16FNO2/c1-12(2,11(15)16-3)10(14)8-6-4-5-7-9(8)13/h4-7,10H,14H2,1-3H3. The minimum Gasteiger partial charge on any atom is -0.469 e. The van der Waals surface area contributed by atoms with Gasteiger partial charge >= 0.3 is 5.97 Å². The average molecular weight is 225 g/mol. The minimum absolute atomic E-state index is 0.318. The number of ether oxygens (including phenoxy) is 1. The number of halogens is 1. The van der Waals surface area contributed by atoms with Crippen LogP contribution in [0.4, 0.5) is 4.39 Å². The summed E-state index contributed by atoms with van der Waals surface area (Å²) in [5, 5.41) is 0. The SMILES string of the molecule is COC(=O)C(C)(C)C(N)c1ccccc1F. The van der Waals surface area contributed by atoms with E-state index in [2.05, 4.69) is 4.74 Å². The Hall–Kier alpha value is -1.42. The summed E-state index contributed by atoms with van der Waals surface area (Å²) in [6, 6.07) is 5.43. The van der Waals surface area contributed by atoms with Gasteiger partial charge in [-0.15, -0.1) is 0 Å². The molecule has 0 aliphatic heterocycles. The molecule has 0 saturated heterocycles. The summed E-state index contributed by atoms with van der Waals surface area (Å²) in [5.74, 6) is -0.866. The quantitative estimate of drug-likeness (QED) is 0.801. The van der Waals surface area contributed by atoms with Gasteiger partial charge in [-0.05, 0) is 19.9 Å². The van der Waals surface area contributed by atoms with Crippen LogP contribution in [0.15, 0.2) is 24.3 Å². The van der Waals surface area contributed by atoms with Crippen LogP contribution in [0, 0.1) is 11.2 Å². The highest BCUT2D eigenvalue weighted by atomic mass is 19.1.